The minimum atomic E-state index is -2.98. The summed E-state index contributed by atoms with van der Waals surface area (Å²) in [6.45, 7) is 4.31. The lowest BCUT2D eigenvalue weighted by Crippen LogP contribution is -2.60. The van der Waals surface area contributed by atoms with Crippen molar-refractivity contribution in [3.63, 3.8) is 0 Å². The Bertz CT molecular complexity index is 4920. The highest BCUT2D eigenvalue weighted by molar-refractivity contribution is 6.32. The third-order valence-electron chi connectivity index (χ3n) is 23.2. The Balaban J connectivity index is 0.952. The van der Waals surface area contributed by atoms with E-state index >= 15 is 28.8 Å². The molecule has 6 heterocycles. The third kappa shape index (κ3) is 16.8. The molecule has 35 nitrogen and oxygen atoms in total. The SMILES string of the molecule is CN[C@H](CC(C)C)C(=O)N[C@H]1C(=O)N[C@@H](CC(=O)NC(=O)c2ccc(OCCN)c(OCCN)c2)C(=O)N[C@H]2C(=O)N[C@H]3C(=O)N[C@H](C(=O)N[C@H](C(=O)NC4C5CC6CC(C5)CC4C6)c4cc(O)cc5c4-c4cc3ccc4C5(O)O)[C@H](O)c3ccc(c(Cl)c3)Oc3cc2cc(c3O[C@@H]2O[C@H](CO)[C@@H](O)[C@H](O)[C@H]2O)Oc2ccc(cc2C)[C@H]1O. The molecule has 6 aromatic carbocycles. The van der Waals surface area contributed by atoms with E-state index in [1.165, 1.54) is 80.7 Å². The number of aromatic hydroxyl groups is 1. The molecule has 11 aliphatic rings. The molecule has 0 aromatic heterocycles. The van der Waals surface area contributed by atoms with Crippen LogP contribution in [0.1, 0.15) is 144 Å². The first-order valence-electron chi connectivity index (χ1n) is 39.0. The van der Waals surface area contributed by atoms with Crippen LogP contribution in [-0.4, -0.2) is 200 Å². The number of imide groups is 1. The van der Waals surface area contributed by atoms with E-state index < -0.39 is 186 Å². The van der Waals surface area contributed by atoms with Crippen LogP contribution in [0.15, 0.2) is 97.1 Å². The summed E-state index contributed by atoms with van der Waals surface area (Å²) < 4.78 is 37.2. The molecule has 15 bridgehead atoms. The topological polar surface area (TPSA) is 551 Å². The van der Waals surface area contributed by atoms with E-state index in [1.54, 1.807) is 0 Å². The number of phenolic OH excluding ortho intramolecular Hbond substituents is 1. The predicted octanol–water partition coefficient (Wildman–Crippen LogP) is 0.614. The van der Waals surface area contributed by atoms with Crippen LogP contribution in [0.3, 0.4) is 0 Å². The molecule has 5 aliphatic carbocycles. The van der Waals surface area contributed by atoms with Crippen LogP contribution in [-0.2, 0) is 48.9 Å². The van der Waals surface area contributed by atoms with Gasteiger partial charge >= 0.3 is 0 Å². The molecule has 36 heteroatoms. The lowest BCUT2D eigenvalue weighted by atomic mass is 9.54. The molecule has 0 spiro atoms. The summed E-state index contributed by atoms with van der Waals surface area (Å²) in [6.07, 6.45) is -10.6. The van der Waals surface area contributed by atoms with Crippen LogP contribution < -0.4 is 83.0 Å². The van der Waals surface area contributed by atoms with Crippen LogP contribution in [0.4, 0.5) is 0 Å². The number of amides is 9. The molecule has 0 unspecified atom stereocenters. The van der Waals surface area contributed by atoms with E-state index in [-0.39, 0.29) is 140 Å². The molecule has 14 atom stereocenters. The number of phenols is 1. The van der Waals surface area contributed by atoms with E-state index in [0.717, 1.165) is 62.4 Å². The molecule has 628 valence electrons. The summed E-state index contributed by atoms with van der Waals surface area (Å²) in [7, 11) is 1.49. The maximum Gasteiger partial charge on any atom is 0.257 e. The van der Waals surface area contributed by atoms with Gasteiger partial charge in [0.15, 0.2) is 23.0 Å². The highest BCUT2D eigenvalue weighted by Crippen LogP contribution is 2.56. The van der Waals surface area contributed by atoms with Gasteiger partial charge in [-0.2, -0.15) is 0 Å². The average molecular weight is 1650 g/mol. The van der Waals surface area contributed by atoms with Crippen molar-refractivity contribution < 1.29 is 118 Å². The first kappa shape index (κ1) is 83.8. The lowest BCUT2D eigenvalue weighted by molar-refractivity contribution is -0.277. The highest BCUT2D eigenvalue weighted by atomic mass is 35.5. The van der Waals surface area contributed by atoms with Gasteiger partial charge in [-0.25, -0.2) is 0 Å². The van der Waals surface area contributed by atoms with Gasteiger partial charge in [0.25, 0.3) is 5.91 Å². The first-order chi connectivity index (χ1) is 56.3. The third-order valence-corrected chi connectivity index (χ3v) is 23.5. The zero-order valence-electron chi connectivity index (χ0n) is 64.5. The number of benzene rings is 6. The number of aliphatic hydroxyl groups is 8. The number of nitrogens with two attached hydrogens (primary N) is 2. The van der Waals surface area contributed by atoms with Crippen LogP contribution in [0, 0.1) is 36.5 Å². The van der Waals surface area contributed by atoms with Crippen molar-refractivity contribution >= 4 is 64.8 Å². The van der Waals surface area contributed by atoms with E-state index in [0.29, 0.717) is 11.8 Å². The number of halogens is 1. The minimum absolute atomic E-state index is 0.0183. The number of fused-ring (bicyclic) bond motifs is 12. The van der Waals surface area contributed by atoms with Gasteiger partial charge in [-0.3, -0.25) is 48.5 Å². The number of nitrogens with one attached hydrogen (secondary N) is 9. The zero-order valence-corrected chi connectivity index (χ0v) is 65.2. The van der Waals surface area contributed by atoms with Crippen LogP contribution >= 0.6 is 11.6 Å². The molecule has 0 radical (unpaired) electrons. The van der Waals surface area contributed by atoms with Crippen molar-refractivity contribution in [1.82, 2.24) is 47.9 Å². The maximum absolute atomic E-state index is 16.5. The zero-order chi connectivity index (χ0) is 84.2. The van der Waals surface area contributed by atoms with Crippen LogP contribution in [0.25, 0.3) is 11.1 Å². The number of aliphatic hydroxyl groups excluding tert-OH is 6. The number of likely N-dealkylation sites (N-methyl/N-ethyl adjacent to an activating group) is 1. The number of hydrogen-bond donors (Lipinski definition) is 20. The fourth-order valence-electron chi connectivity index (χ4n) is 17.6. The summed E-state index contributed by atoms with van der Waals surface area (Å²) in [5.74, 6) is -15.5. The van der Waals surface area contributed by atoms with Gasteiger partial charge < -0.3 is 128 Å². The molecule has 22 N–H and O–H groups in total. The van der Waals surface area contributed by atoms with Gasteiger partial charge in [0.2, 0.25) is 65.1 Å². The van der Waals surface area contributed by atoms with Crippen molar-refractivity contribution in [2.75, 3.05) is 40.0 Å². The summed E-state index contributed by atoms with van der Waals surface area (Å²) in [5.41, 5.74) is 9.39. The molecule has 1 saturated heterocycles. The molecule has 4 saturated carbocycles. The summed E-state index contributed by atoms with van der Waals surface area (Å²) in [4.78, 5) is 139. The number of hydrogen-bond acceptors (Lipinski definition) is 27. The van der Waals surface area contributed by atoms with Crippen molar-refractivity contribution in [2.45, 2.75) is 163 Å². The van der Waals surface area contributed by atoms with Crippen molar-refractivity contribution in [3.8, 4) is 57.1 Å². The summed E-state index contributed by atoms with van der Waals surface area (Å²) >= 11 is 7.20. The summed E-state index contributed by atoms with van der Waals surface area (Å²) in [6, 6.07) is 5.06. The monoisotopic (exact) mass is 1650 g/mol. The van der Waals surface area contributed by atoms with Crippen molar-refractivity contribution in [2.24, 2.45) is 41.1 Å². The van der Waals surface area contributed by atoms with E-state index in [2.05, 4.69) is 47.9 Å². The Morgan fingerprint density at radius 2 is 1.28 bits per heavy atom. The molecular weight excluding hydrogens is 1560 g/mol. The lowest BCUT2D eigenvalue weighted by Gasteiger charge is -2.54. The largest absolute Gasteiger partial charge is 0.508 e. The highest BCUT2D eigenvalue weighted by Gasteiger charge is 2.52. The molecule has 9 amide bonds. The van der Waals surface area contributed by atoms with Gasteiger partial charge in [-0.15, -0.1) is 0 Å². The Morgan fingerprint density at radius 1 is 0.644 bits per heavy atom. The van der Waals surface area contributed by atoms with E-state index in [1.807, 2.05) is 13.8 Å². The number of ether oxygens (including phenoxy) is 6. The molecule has 6 aromatic rings. The minimum Gasteiger partial charge on any atom is -0.508 e. The standard InChI is InChI=1S/C82H94ClN11O24/c1-33(2)17-50(86-4)74(104)93-65-67(98)38-6-10-52(34(3)18-38)115-56-27-43-28-57(72(56)118-81-71(102)70(101)69(100)58(32-95)117-81)116-53-11-7-39(25-49(53)83)68(99)66-80(110)92-64(78(108)89-61-41-20-35-19-36(22-41)23-42(61)21-35)46-29-44(96)30-48-60(46)45-24-37(5-9-47(45)82(48,111)112)62(76(106)94-66)91-77(107)63(43)90-75(105)51(87-79(65)109)31-59(97)88-73(103)40-8-12-54(113-15-13-84)55(26-40)114-16-14-85/h5-12,18,24-30,33,35-36,41-42,50-51,58,61-71,81,86,95-96,98-102,111-112H,13-17,19-23,31-32,84-85H2,1-4H3,(H,87,109)(H,89,108)(H,90,105)(H,91,107)(H,92,110)(H,93,104)(H,94,106)(H,88,97,103)/t35?,36?,41?,42?,50-,51+,58-,61?,62-,63-,64+,65-,66+,67-,68-,69-,70+,71-,81+/m1/s1. The van der Waals surface area contributed by atoms with Gasteiger partial charge in [-0.1, -0.05) is 49.7 Å². The first-order valence-corrected chi connectivity index (χ1v) is 39.4. The quantitative estimate of drug-likeness (QED) is 0.0494. The average Bonchev–Trinajstić information content (AvgIpc) is 1.56. The maximum atomic E-state index is 16.5. The number of carbonyl (C=O) groups excluding carboxylic acids is 9. The number of aryl methyl sites for hydroxylation is 1. The molecule has 17 rings (SSSR count). The second-order valence-electron chi connectivity index (χ2n) is 31.7. The molecule has 6 aliphatic heterocycles. The van der Waals surface area contributed by atoms with Gasteiger partial charge in [0.1, 0.15) is 103 Å². The molecule has 118 heavy (non-hydrogen) atoms. The Labute approximate surface area is 680 Å². The van der Waals surface area contributed by atoms with Crippen molar-refractivity contribution in [1.29, 1.82) is 0 Å². The van der Waals surface area contributed by atoms with E-state index in [9.17, 15) is 60.3 Å². The molecular formula is C82H94ClN11O24. The smallest absolute Gasteiger partial charge is 0.257 e. The van der Waals surface area contributed by atoms with Gasteiger partial charge in [-0.05, 0) is 199 Å². The molecule has 5 fully saturated rings. The Hall–Kier alpha value is -10.6. The number of carbonyl (C=O) groups is 9. The second-order valence-corrected chi connectivity index (χ2v) is 32.1. The normalized spacial score (nSPS) is 28.2. The predicted molar refractivity (Wildman–Crippen MR) is 415 cm³/mol. The number of rotatable bonds is 19. The van der Waals surface area contributed by atoms with E-state index in [4.69, 9.17) is 51.5 Å². The van der Waals surface area contributed by atoms with Crippen LogP contribution in [0.5, 0.6) is 46.0 Å². The fourth-order valence-corrected chi connectivity index (χ4v) is 17.8. The van der Waals surface area contributed by atoms with Gasteiger partial charge in [0, 0.05) is 35.8 Å². The Kier molecular flexibility index (Phi) is 24.4. The van der Waals surface area contributed by atoms with Gasteiger partial charge in [0.05, 0.1) is 24.1 Å². The second kappa shape index (κ2) is 34.4. The Morgan fingerprint density at radius 3 is 1.93 bits per heavy atom. The summed E-state index contributed by atoms with van der Waals surface area (Å²) in [5, 5.41) is 129. The van der Waals surface area contributed by atoms with Crippen LogP contribution in [0.2, 0.25) is 5.02 Å². The fraction of sp³-hybridized carbons (Fsp3) is 0.451. The van der Waals surface area contributed by atoms with Crippen molar-refractivity contribution in [3.05, 3.63) is 152 Å².